The highest BCUT2D eigenvalue weighted by Crippen LogP contribution is 2.26. The highest BCUT2D eigenvalue weighted by Gasteiger charge is 2.10. The summed E-state index contributed by atoms with van der Waals surface area (Å²) >= 11 is 6.10. The monoisotopic (exact) mass is 258 g/mol. The maximum Gasteiger partial charge on any atom is 0.258 e. The van der Waals surface area contributed by atoms with Crippen molar-refractivity contribution < 1.29 is 0 Å². The van der Waals surface area contributed by atoms with Crippen molar-refractivity contribution in [2.24, 2.45) is 7.05 Å². The van der Waals surface area contributed by atoms with Gasteiger partial charge in [-0.3, -0.25) is 9.78 Å². The van der Waals surface area contributed by atoms with E-state index >= 15 is 0 Å². The highest BCUT2D eigenvalue weighted by molar-refractivity contribution is 6.32. The Hall–Kier alpha value is -1.87. The second-order valence-electron chi connectivity index (χ2n) is 4.40. The summed E-state index contributed by atoms with van der Waals surface area (Å²) < 4.78 is 1.61. The van der Waals surface area contributed by atoms with Crippen LogP contribution in [0.3, 0.4) is 0 Å². The third kappa shape index (κ3) is 1.44. The Morgan fingerprint density at radius 2 is 2.00 bits per heavy atom. The van der Waals surface area contributed by atoms with Crippen molar-refractivity contribution in [3.63, 3.8) is 0 Å². The normalized spacial score (nSPS) is 11.3. The van der Waals surface area contributed by atoms with Gasteiger partial charge in [-0.05, 0) is 36.1 Å². The maximum absolute atomic E-state index is 12.3. The molecule has 2 heterocycles. The van der Waals surface area contributed by atoms with E-state index in [1.165, 1.54) is 0 Å². The number of benzene rings is 1. The topological polar surface area (TPSA) is 34.9 Å². The van der Waals surface area contributed by atoms with Crippen molar-refractivity contribution in [1.82, 2.24) is 9.55 Å². The number of hydrogen-bond acceptors (Lipinski definition) is 2. The Labute approximate surface area is 109 Å². The molecule has 90 valence electrons. The summed E-state index contributed by atoms with van der Waals surface area (Å²) in [6.45, 7) is 1.94. The van der Waals surface area contributed by atoms with Crippen LogP contribution in [0.5, 0.6) is 0 Å². The van der Waals surface area contributed by atoms with Crippen molar-refractivity contribution in [2.45, 2.75) is 6.92 Å². The first-order chi connectivity index (χ1) is 8.59. The van der Waals surface area contributed by atoms with Crippen LogP contribution in [0.1, 0.15) is 5.56 Å². The molecule has 0 amide bonds. The zero-order valence-corrected chi connectivity index (χ0v) is 10.8. The van der Waals surface area contributed by atoms with Crippen LogP contribution >= 0.6 is 11.6 Å². The van der Waals surface area contributed by atoms with E-state index in [0.29, 0.717) is 10.4 Å². The van der Waals surface area contributed by atoms with Crippen LogP contribution in [0.2, 0.25) is 5.02 Å². The molecule has 0 aliphatic heterocycles. The predicted molar refractivity (Wildman–Crippen MR) is 74.2 cm³/mol. The van der Waals surface area contributed by atoms with Crippen LogP contribution in [0.25, 0.3) is 21.7 Å². The average Bonchev–Trinajstić information content (AvgIpc) is 2.38. The highest BCUT2D eigenvalue weighted by atomic mass is 35.5. The van der Waals surface area contributed by atoms with Crippen LogP contribution < -0.4 is 5.56 Å². The van der Waals surface area contributed by atoms with Crippen LogP contribution in [-0.4, -0.2) is 9.55 Å². The van der Waals surface area contributed by atoms with Crippen molar-refractivity contribution in [1.29, 1.82) is 0 Å². The zero-order chi connectivity index (χ0) is 12.9. The van der Waals surface area contributed by atoms with Gasteiger partial charge in [0.15, 0.2) is 0 Å². The van der Waals surface area contributed by atoms with E-state index in [2.05, 4.69) is 4.98 Å². The Morgan fingerprint density at radius 3 is 2.78 bits per heavy atom. The maximum atomic E-state index is 12.3. The predicted octanol–water partition coefficient (Wildman–Crippen LogP) is 3.05. The first-order valence-electron chi connectivity index (χ1n) is 5.62. The largest absolute Gasteiger partial charge is 0.309 e. The number of fused-ring (bicyclic) bond motifs is 3. The van der Waals surface area contributed by atoms with Crippen molar-refractivity contribution in [2.75, 3.05) is 0 Å². The Bertz CT molecular complexity index is 836. The SMILES string of the molecule is Cc1cc2c(cc1Cl)c(=O)n(C)c1cnccc21. The van der Waals surface area contributed by atoms with Crippen LogP contribution in [0, 0.1) is 6.92 Å². The second-order valence-corrected chi connectivity index (χ2v) is 4.81. The molecule has 0 bridgehead atoms. The summed E-state index contributed by atoms with van der Waals surface area (Å²) in [6.07, 6.45) is 3.44. The lowest BCUT2D eigenvalue weighted by Gasteiger charge is -2.09. The summed E-state index contributed by atoms with van der Waals surface area (Å²) in [6, 6.07) is 5.63. The Kier molecular flexibility index (Phi) is 2.38. The summed E-state index contributed by atoms with van der Waals surface area (Å²) in [4.78, 5) is 16.4. The van der Waals surface area contributed by atoms with E-state index in [-0.39, 0.29) is 5.56 Å². The number of aryl methyl sites for hydroxylation is 2. The number of halogens is 1. The van der Waals surface area contributed by atoms with Gasteiger partial charge in [-0.15, -0.1) is 0 Å². The van der Waals surface area contributed by atoms with Gasteiger partial charge in [0, 0.05) is 29.0 Å². The summed E-state index contributed by atoms with van der Waals surface area (Å²) in [5.41, 5.74) is 1.75. The van der Waals surface area contributed by atoms with E-state index in [0.717, 1.165) is 21.9 Å². The first-order valence-corrected chi connectivity index (χ1v) is 6.00. The zero-order valence-electron chi connectivity index (χ0n) is 10.1. The van der Waals surface area contributed by atoms with Gasteiger partial charge in [0.05, 0.1) is 11.7 Å². The van der Waals surface area contributed by atoms with Crippen molar-refractivity contribution in [3.05, 3.63) is 51.5 Å². The molecular weight excluding hydrogens is 248 g/mol. The lowest BCUT2D eigenvalue weighted by atomic mass is 10.0. The fourth-order valence-corrected chi connectivity index (χ4v) is 2.42. The molecule has 18 heavy (non-hydrogen) atoms. The molecule has 0 fully saturated rings. The van der Waals surface area contributed by atoms with Crippen LogP contribution in [0.15, 0.2) is 35.4 Å². The molecule has 0 atom stereocenters. The number of pyridine rings is 2. The molecular formula is C14H11ClN2O. The second kappa shape index (κ2) is 3.82. The molecule has 0 N–H and O–H groups in total. The van der Waals surface area contributed by atoms with Gasteiger partial charge in [-0.25, -0.2) is 0 Å². The van der Waals surface area contributed by atoms with E-state index in [4.69, 9.17) is 11.6 Å². The molecule has 3 nitrogen and oxygen atoms in total. The van der Waals surface area contributed by atoms with Gasteiger partial charge in [0.1, 0.15) is 0 Å². The number of aromatic nitrogens is 2. The first kappa shape index (κ1) is 11.2. The van der Waals surface area contributed by atoms with Gasteiger partial charge in [-0.2, -0.15) is 0 Å². The summed E-state index contributed by atoms with van der Waals surface area (Å²) in [7, 11) is 1.75. The molecule has 0 aliphatic rings. The van der Waals surface area contributed by atoms with Crippen LogP contribution in [-0.2, 0) is 7.05 Å². The molecule has 3 aromatic rings. The molecule has 1 aromatic carbocycles. The summed E-state index contributed by atoms with van der Waals surface area (Å²) in [5, 5.41) is 3.21. The molecule has 0 spiro atoms. The number of rotatable bonds is 0. The third-order valence-electron chi connectivity index (χ3n) is 3.29. The van der Waals surface area contributed by atoms with Gasteiger partial charge in [-0.1, -0.05) is 11.6 Å². The van der Waals surface area contributed by atoms with E-state index in [1.807, 2.05) is 19.1 Å². The van der Waals surface area contributed by atoms with E-state index < -0.39 is 0 Å². The van der Waals surface area contributed by atoms with Crippen molar-refractivity contribution >= 4 is 33.3 Å². The Balaban J connectivity index is 2.70. The molecule has 0 unspecified atom stereocenters. The quantitative estimate of drug-likeness (QED) is 0.581. The number of nitrogens with zero attached hydrogens (tertiary/aromatic N) is 2. The number of hydrogen-bond donors (Lipinski definition) is 0. The van der Waals surface area contributed by atoms with Gasteiger partial charge in [0.2, 0.25) is 0 Å². The minimum atomic E-state index is -0.0487. The molecule has 0 saturated carbocycles. The average molecular weight is 259 g/mol. The fourth-order valence-electron chi connectivity index (χ4n) is 2.25. The fraction of sp³-hybridized carbons (Fsp3) is 0.143. The molecule has 0 radical (unpaired) electrons. The summed E-state index contributed by atoms with van der Waals surface area (Å²) in [5.74, 6) is 0. The van der Waals surface area contributed by atoms with Gasteiger partial charge < -0.3 is 4.57 Å². The Morgan fingerprint density at radius 1 is 1.22 bits per heavy atom. The molecule has 3 rings (SSSR count). The van der Waals surface area contributed by atoms with Gasteiger partial charge >= 0.3 is 0 Å². The van der Waals surface area contributed by atoms with Gasteiger partial charge in [0.25, 0.3) is 5.56 Å². The lowest BCUT2D eigenvalue weighted by Crippen LogP contribution is -2.17. The minimum absolute atomic E-state index is 0.0487. The standard InChI is InChI=1S/C14H11ClN2O/c1-8-5-10-9-3-4-16-7-13(9)17(2)14(18)11(10)6-12(8)15/h3-7H,1-2H3. The van der Waals surface area contributed by atoms with E-state index in [1.54, 1.807) is 30.1 Å². The van der Waals surface area contributed by atoms with E-state index in [9.17, 15) is 4.79 Å². The van der Waals surface area contributed by atoms with Crippen LogP contribution in [0.4, 0.5) is 0 Å². The third-order valence-corrected chi connectivity index (χ3v) is 3.69. The smallest absolute Gasteiger partial charge is 0.258 e. The minimum Gasteiger partial charge on any atom is -0.309 e. The molecule has 2 aromatic heterocycles. The molecule has 0 saturated heterocycles. The lowest BCUT2D eigenvalue weighted by molar-refractivity contribution is 0.914. The molecule has 4 heteroatoms. The van der Waals surface area contributed by atoms with Crippen molar-refractivity contribution in [3.8, 4) is 0 Å². The molecule has 0 aliphatic carbocycles.